The van der Waals surface area contributed by atoms with Gasteiger partial charge in [-0.1, -0.05) is 20.8 Å². The summed E-state index contributed by atoms with van der Waals surface area (Å²) in [5.41, 5.74) is 1.13. The molecule has 0 spiro atoms. The van der Waals surface area contributed by atoms with Gasteiger partial charge in [0.05, 0.1) is 23.2 Å². The molecule has 0 aliphatic rings. The maximum atomic E-state index is 8.65. The second kappa shape index (κ2) is 3.47. The SMILES string of the molecule is Cc1nc(C(C)(C)C)c(CC#N)s1. The van der Waals surface area contributed by atoms with Crippen LogP contribution < -0.4 is 0 Å². The van der Waals surface area contributed by atoms with Crippen molar-refractivity contribution >= 4 is 11.3 Å². The summed E-state index contributed by atoms with van der Waals surface area (Å²) in [5.74, 6) is 0. The lowest BCUT2D eigenvalue weighted by Gasteiger charge is -2.16. The zero-order valence-electron chi connectivity index (χ0n) is 8.51. The highest BCUT2D eigenvalue weighted by Crippen LogP contribution is 2.29. The van der Waals surface area contributed by atoms with E-state index in [2.05, 4.69) is 31.8 Å². The first-order valence-corrected chi connectivity index (χ1v) is 5.10. The number of aryl methyl sites for hydroxylation is 1. The van der Waals surface area contributed by atoms with Crippen molar-refractivity contribution in [3.63, 3.8) is 0 Å². The quantitative estimate of drug-likeness (QED) is 0.689. The fourth-order valence-electron chi connectivity index (χ4n) is 1.25. The highest BCUT2D eigenvalue weighted by atomic mass is 32.1. The number of thiazole rings is 1. The summed E-state index contributed by atoms with van der Waals surface area (Å²) >= 11 is 1.63. The third kappa shape index (κ3) is 2.28. The molecule has 0 amide bonds. The Labute approximate surface area is 83.2 Å². The lowest BCUT2D eigenvalue weighted by molar-refractivity contribution is 0.567. The van der Waals surface area contributed by atoms with Gasteiger partial charge in [-0.05, 0) is 6.92 Å². The lowest BCUT2D eigenvalue weighted by Crippen LogP contribution is -2.13. The molecule has 0 bridgehead atoms. The van der Waals surface area contributed by atoms with E-state index in [1.54, 1.807) is 11.3 Å². The Balaban J connectivity index is 3.13. The van der Waals surface area contributed by atoms with Gasteiger partial charge in [0.25, 0.3) is 0 Å². The Hall–Kier alpha value is -0.880. The number of aromatic nitrogens is 1. The van der Waals surface area contributed by atoms with Gasteiger partial charge in [0.15, 0.2) is 0 Å². The molecule has 1 aromatic rings. The molecule has 0 saturated heterocycles. The average Bonchev–Trinajstić information content (AvgIpc) is 2.30. The van der Waals surface area contributed by atoms with Gasteiger partial charge >= 0.3 is 0 Å². The van der Waals surface area contributed by atoms with Crippen molar-refractivity contribution in [3.8, 4) is 6.07 Å². The lowest BCUT2D eigenvalue weighted by atomic mass is 9.91. The maximum absolute atomic E-state index is 8.65. The molecule has 3 heteroatoms. The molecule has 0 atom stereocenters. The van der Waals surface area contributed by atoms with Gasteiger partial charge in [0.2, 0.25) is 0 Å². The Bertz CT molecular complexity index is 339. The average molecular weight is 194 g/mol. The van der Waals surface area contributed by atoms with Crippen LogP contribution in [0.2, 0.25) is 0 Å². The first kappa shape index (κ1) is 10.2. The molecule has 0 fully saturated rings. The fraction of sp³-hybridized carbons (Fsp3) is 0.600. The predicted molar refractivity (Wildman–Crippen MR) is 54.9 cm³/mol. The molecule has 0 aliphatic carbocycles. The van der Waals surface area contributed by atoms with Gasteiger partial charge in [-0.25, -0.2) is 4.98 Å². The zero-order chi connectivity index (χ0) is 10.1. The number of nitriles is 1. The fourth-order valence-corrected chi connectivity index (χ4v) is 2.33. The third-order valence-electron chi connectivity index (χ3n) is 1.75. The maximum Gasteiger partial charge on any atom is 0.0900 e. The number of hydrogen-bond acceptors (Lipinski definition) is 3. The third-order valence-corrected chi connectivity index (χ3v) is 2.73. The molecule has 13 heavy (non-hydrogen) atoms. The van der Waals surface area contributed by atoms with Crippen molar-refractivity contribution in [2.45, 2.75) is 39.5 Å². The Morgan fingerprint density at radius 2 is 2.08 bits per heavy atom. The molecule has 70 valence electrons. The minimum absolute atomic E-state index is 0.0525. The predicted octanol–water partition coefficient (Wildman–Crippen LogP) is 2.82. The first-order valence-electron chi connectivity index (χ1n) is 4.29. The van der Waals surface area contributed by atoms with E-state index in [4.69, 9.17) is 5.26 Å². The smallest absolute Gasteiger partial charge is 0.0900 e. The van der Waals surface area contributed by atoms with Crippen molar-refractivity contribution < 1.29 is 0 Å². The van der Waals surface area contributed by atoms with Crippen LogP contribution in [0.15, 0.2) is 0 Å². The van der Waals surface area contributed by atoms with E-state index in [1.807, 2.05) is 6.92 Å². The van der Waals surface area contributed by atoms with E-state index in [0.29, 0.717) is 6.42 Å². The van der Waals surface area contributed by atoms with Gasteiger partial charge in [-0.2, -0.15) is 5.26 Å². The van der Waals surface area contributed by atoms with E-state index in [0.717, 1.165) is 15.6 Å². The largest absolute Gasteiger partial charge is 0.246 e. The van der Waals surface area contributed by atoms with Crippen LogP contribution in [0.1, 0.15) is 36.3 Å². The van der Waals surface area contributed by atoms with Crippen LogP contribution in [0.5, 0.6) is 0 Å². The first-order chi connectivity index (χ1) is 5.95. The van der Waals surface area contributed by atoms with E-state index in [1.165, 1.54) is 0 Å². The van der Waals surface area contributed by atoms with Crippen LogP contribution in [0.25, 0.3) is 0 Å². The summed E-state index contributed by atoms with van der Waals surface area (Å²) in [5, 5.41) is 9.70. The van der Waals surface area contributed by atoms with Crippen LogP contribution in [-0.4, -0.2) is 4.98 Å². The Morgan fingerprint density at radius 1 is 1.46 bits per heavy atom. The molecular formula is C10H14N2S. The van der Waals surface area contributed by atoms with Crippen LogP contribution >= 0.6 is 11.3 Å². The normalized spacial score (nSPS) is 11.3. The van der Waals surface area contributed by atoms with Crippen LogP contribution in [-0.2, 0) is 11.8 Å². The molecule has 1 rings (SSSR count). The number of rotatable bonds is 1. The minimum atomic E-state index is 0.0525. The van der Waals surface area contributed by atoms with Gasteiger partial charge in [-0.3, -0.25) is 0 Å². The molecule has 0 aromatic carbocycles. The van der Waals surface area contributed by atoms with E-state index < -0.39 is 0 Å². The van der Waals surface area contributed by atoms with Crippen LogP contribution in [0.4, 0.5) is 0 Å². The van der Waals surface area contributed by atoms with Gasteiger partial charge in [0.1, 0.15) is 0 Å². The monoisotopic (exact) mass is 194 g/mol. The van der Waals surface area contributed by atoms with E-state index in [9.17, 15) is 0 Å². The summed E-state index contributed by atoms with van der Waals surface area (Å²) in [6.07, 6.45) is 0.484. The van der Waals surface area contributed by atoms with Crippen LogP contribution in [0.3, 0.4) is 0 Å². The van der Waals surface area contributed by atoms with Crippen molar-refractivity contribution in [2.75, 3.05) is 0 Å². The molecule has 1 heterocycles. The number of hydrogen-bond donors (Lipinski definition) is 0. The van der Waals surface area contributed by atoms with Crippen molar-refractivity contribution in [2.24, 2.45) is 0 Å². The summed E-state index contributed by atoms with van der Waals surface area (Å²) in [6, 6.07) is 2.18. The van der Waals surface area contributed by atoms with Gasteiger partial charge in [-0.15, -0.1) is 11.3 Å². The molecule has 1 aromatic heterocycles. The summed E-state index contributed by atoms with van der Waals surface area (Å²) < 4.78 is 0. The van der Waals surface area contributed by atoms with Crippen LogP contribution in [0, 0.1) is 18.3 Å². The highest BCUT2D eigenvalue weighted by molar-refractivity contribution is 7.11. The second-order valence-corrected chi connectivity index (χ2v) is 5.38. The molecule has 0 saturated carbocycles. The van der Waals surface area contributed by atoms with Crippen molar-refractivity contribution in [1.29, 1.82) is 5.26 Å². The molecule has 0 aliphatic heterocycles. The molecule has 0 radical (unpaired) electrons. The number of nitrogens with zero attached hydrogens (tertiary/aromatic N) is 2. The second-order valence-electron chi connectivity index (χ2n) is 4.09. The van der Waals surface area contributed by atoms with E-state index in [-0.39, 0.29) is 5.41 Å². The molecule has 0 N–H and O–H groups in total. The molecule has 2 nitrogen and oxygen atoms in total. The molecular weight excluding hydrogens is 180 g/mol. The van der Waals surface area contributed by atoms with Gasteiger partial charge < -0.3 is 0 Å². The standard InChI is InChI=1S/C10H14N2S/c1-7-12-9(10(2,3)4)8(13-7)5-6-11/h5H2,1-4H3. The van der Waals surface area contributed by atoms with Gasteiger partial charge in [0, 0.05) is 10.3 Å². The Morgan fingerprint density at radius 3 is 2.54 bits per heavy atom. The van der Waals surface area contributed by atoms with Crippen molar-refractivity contribution in [1.82, 2.24) is 4.98 Å². The van der Waals surface area contributed by atoms with Crippen molar-refractivity contribution in [3.05, 3.63) is 15.6 Å². The highest BCUT2D eigenvalue weighted by Gasteiger charge is 2.21. The summed E-state index contributed by atoms with van der Waals surface area (Å²) in [4.78, 5) is 5.59. The van der Waals surface area contributed by atoms with E-state index >= 15 is 0 Å². The Kier molecular flexibility index (Phi) is 2.72. The topological polar surface area (TPSA) is 36.7 Å². The molecule has 0 unspecified atom stereocenters. The summed E-state index contributed by atoms with van der Waals surface area (Å²) in [6.45, 7) is 8.37. The zero-order valence-corrected chi connectivity index (χ0v) is 9.33. The summed E-state index contributed by atoms with van der Waals surface area (Å²) in [7, 11) is 0. The minimum Gasteiger partial charge on any atom is -0.246 e.